The van der Waals surface area contributed by atoms with Crippen LogP contribution in [0.4, 0.5) is 0 Å². The number of halogens is 1. The van der Waals surface area contributed by atoms with Crippen LogP contribution < -0.4 is 26.2 Å². The Morgan fingerprint density at radius 3 is 1.36 bits per heavy atom. The van der Waals surface area contributed by atoms with E-state index in [2.05, 4.69) is 30.9 Å². The zero-order valence-electron chi connectivity index (χ0n) is 52.8. The molecular weight excluding hydrogens is 1260 g/mol. The summed E-state index contributed by atoms with van der Waals surface area (Å²) in [7, 11) is 0. The molecule has 498 valence electrons. The maximum atomic E-state index is 12.8. The Morgan fingerprint density at radius 1 is 0.527 bits per heavy atom. The molecular formula is C63H83BrN6O21. The van der Waals surface area contributed by atoms with E-state index in [1.807, 2.05) is 48.5 Å². The summed E-state index contributed by atoms with van der Waals surface area (Å²) in [6, 6.07) is 9.64. The molecule has 3 aliphatic heterocycles. The second-order valence-corrected chi connectivity index (χ2v) is 23.3. The van der Waals surface area contributed by atoms with Gasteiger partial charge in [0.05, 0.1) is 18.8 Å². The molecule has 0 amide bonds. The molecule has 6 aromatic rings. The van der Waals surface area contributed by atoms with Gasteiger partial charge in [-0.15, -0.1) is 0 Å². The van der Waals surface area contributed by atoms with Crippen LogP contribution in [-0.2, 0) is 71.6 Å². The number of carbonyl (C=O) groups is 4. The predicted molar refractivity (Wildman–Crippen MR) is 330 cm³/mol. The van der Waals surface area contributed by atoms with E-state index < -0.39 is 67.7 Å². The Balaban J connectivity index is 0.000000201. The molecule has 9 heterocycles. The highest BCUT2D eigenvalue weighted by Crippen LogP contribution is 2.37. The Kier molecular flexibility index (Phi) is 26.9. The fraction of sp³-hybridized carbons (Fsp3) is 0.556. The molecule has 91 heavy (non-hydrogen) atoms. The summed E-state index contributed by atoms with van der Waals surface area (Å²) < 4.78 is 53.9. The number of hydrogen-bond donors (Lipinski definition) is 5. The van der Waals surface area contributed by atoms with E-state index in [0.717, 1.165) is 19.3 Å². The second kappa shape index (κ2) is 33.8. The minimum absolute atomic E-state index is 0.0256. The van der Waals surface area contributed by atoms with Crippen LogP contribution in [-0.4, -0.2) is 164 Å². The number of nitrogens with zero attached hydrogens (tertiary/aromatic N) is 6. The third kappa shape index (κ3) is 18.4. The van der Waals surface area contributed by atoms with Crippen molar-refractivity contribution in [1.29, 1.82) is 0 Å². The van der Waals surface area contributed by atoms with E-state index in [0.29, 0.717) is 53.0 Å². The van der Waals surface area contributed by atoms with E-state index in [4.69, 9.17) is 42.6 Å². The monoisotopic (exact) mass is 1340 g/mol. The minimum Gasteiger partial charge on any atom is -0.504 e. The van der Waals surface area contributed by atoms with Gasteiger partial charge >= 0.3 is 23.9 Å². The first kappa shape index (κ1) is 72.6. The first-order valence-corrected chi connectivity index (χ1v) is 31.0. The van der Waals surface area contributed by atoms with Gasteiger partial charge in [0.25, 0.3) is 16.7 Å². The van der Waals surface area contributed by atoms with Crippen molar-refractivity contribution in [3.63, 3.8) is 0 Å². The topological polar surface area (TPSA) is 356 Å². The average Bonchev–Trinajstić information content (AvgIpc) is 0.842. The number of fused-ring (bicyclic) bond motifs is 3. The lowest BCUT2D eigenvalue weighted by atomic mass is 9.83. The highest BCUT2D eigenvalue weighted by Gasteiger charge is 2.47. The Morgan fingerprint density at radius 2 is 0.923 bits per heavy atom. The molecule has 3 aliphatic rings. The zero-order valence-corrected chi connectivity index (χ0v) is 54.4. The van der Waals surface area contributed by atoms with Gasteiger partial charge in [-0.05, 0) is 67.5 Å². The molecule has 0 aromatic carbocycles. The number of aromatic hydroxyl groups is 1. The number of hydrogen-bond acceptors (Lipinski definition) is 24. The zero-order chi connectivity index (χ0) is 67.0. The van der Waals surface area contributed by atoms with Gasteiger partial charge in [-0.3, -0.25) is 46.8 Å². The van der Waals surface area contributed by atoms with Crippen LogP contribution in [0, 0.1) is 23.7 Å². The molecule has 28 heteroatoms. The van der Waals surface area contributed by atoms with Crippen molar-refractivity contribution in [3.8, 4) is 17.2 Å². The number of aliphatic hydroxyl groups is 4. The fourth-order valence-electron chi connectivity index (χ4n) is 10.4. The van der Waals surface area contributed by atoms with Gasteiger partial charge in [0.1, 0.15) is 48.7 Å². The summed E-state index contributed by atoms with van der Waals surface area (Å²) in [6.07, 6.45) is 4.27. The van der Waals surface area contributed by atoms with Gasteiger partial charge in [0, 0.05) is 93.4 Å². The molecule has 3 fully saturated rings. The van der Waals surface area contributed by atoms with Crippen molar-refractivity contribution in [3.05, 3.63) is 121 Å². The number of aromatic nitrogens is 6. The molecule has 15 atom stereocenters. The molecule has 9 unspecified atom stereocenters. The van der Waals surface area contributed by atoms with Crippen molar-refractivity contribution < 1.29 is 87.3 Å². The van der Waals surface area contributed by atoms with Crippen molar-refractivity contribution in [2.24, 2.45) is 23.7 Å². The number of aryl methyl sites for hydroxylation is 3. The van der Waals surface area contributed by atoms with E-state index in [-0.39, 0.29) is 99.9 Å². The Hall–Kier alpha value is -7.44. The third-order valence-electron chi connectivity index (χ3n) is 15.7. The van der Waals surface area contributed by atoms with Crippen molar-refractivity contribution >= 4 is 56.7 Å². The maximum absolute atomic E-state index is 12.8. The van der Waals surface area contributed by atoms with Gasteiger partial charge in [0.15, 0.2) is 40.3 Å². The molecule has 27 nitrogen and oxygen atoms in total. The standard InChI is InChI=1S/C23H30N2O7.C17H22N2O7.C12H19BrO5.C11H12N2O2/c1-6-8-17-11-24-21-18(9-7-10-25(21)22(17)28)31-23-20(30-16(5)27)14(3)13(2)19(32-23)12-29-15(4)26;1-2-4-9-7-18-15-10(5-3-6-19(15)16(9)24)25-17-14(23)13(22)12(21)11(8-20)26-17;1-6-7(2)11(17-9(4)15)12(13)18-10(6)5-16-8(3)14;1-2-4-8-7-12-10-9(14)5-3-6-13(10)11(8)15/h7,9-11,13-14,19-20,23H,6,8,12H2,1-5H3;3,5-7,11-14,17,20-23H,2,4,8H2,1H3;6-7,10-12H,5H2,1-4H3;3,5-7,14H,2,4H2,1H3/t13?,14-,19?,20?,23+;11?,12?,13-,14?,17+;6?,7-,10?,11?,12+;/m000./s1. The van der Waals surface area contributed by atoms with Crippen LogP contribution in [0.1, 0.15) is 112 Å². The van der Waals surface area contributed by atoms with Gasteiger partial charge < -0.3 is 68.2 Å². The number of aliphatic hydroxyl groups excluding tert-OH is 4. The van der Waals surface area contributed by atoms with Crippen molar-refractivity contribution in [2.45, 2.75) is 181 Å². The lowest BCUT2D eigenvalue weighted by Gasteiger charge is -2.43. The van der Waals surface area contributed by atoms with Crippen molar-refractivity contribution in [2.75, 3.05) is 19.8 Å². The number of carbonyl (C=O) groups excluding carboxylic acids is 4. The number of ether oxygens (including phenoxy) is 9. The predicted octanol–water partition coefficient (Wildman–Crippen LogP) is 4.57. The number of rotatable bonds is 17. The lowest BCUT2D eigenvalue weighted by Crippen LogP contribution is -2.60. The largest absolute Gasteiger partial charge is 0.504 e. The normalized spacial score (nSPS) is 26.1. The summed E-state index contributed by atoms with van der Waals surface area (Å²) in [5.74, 6) is -0.970. The quantitative estimate of drug-likeness (QED) is 0.0474. The second-order valence-electron chi connectivity index (χ2n) is 22.4. The van der Waals surface area contributed by atoms with Gasteiger partial charge in [0.2, 0.25) is 12.6 Å². The molecule has 0 radical (unpaired) electrons. The van der Waals surface area contributed by atoms with E-state index in [1.54, 1.807) is 61.3 Å². The van der Waals surface area contributed by atoms with Gasteiger partial charge in [-0.1, -0.05) is 83.7 Å². The smallest absolute Gasteiger partial charge is 0.303 e. The van der Waals surface area contributed by atoms with Gasteiger partial charge in [-0.25, -0.2) is 15.0 Å². The molecule has 0 bridgehead atoms. The third-order valence-corrected chi connectivity index (χ3v) is 16.5. The van der Waals surface area contributed by atoms with Crippen LogP contribution >= 0.6 is 15.9 Å². The van der Waals surface area contributed by atoms with Crippen LogP contribution in [0.5, 0.6) is 17.2 Å². The van der Waals surface area contributed by atoms with Crippen molar-refractivity contribution in [1.82, 2.24) is 28.2 Å². The summed E-state index contributed by atoms with van der Waals surface area (Å²) in [5, 5.41) is 48.1. The highest BCUT2D eigenvalue weighted by molar-refractivity contribution is 9.09. The van der Waals surface area contributed by atoms with Crippen LogP contribution in [0.3, 0.4) is 0 Å². The van der Waals surface area contributed by atoms with Gasteiger partial charge in [-0.2, -0.15) is 0 Å². The average molecular weight is 1340 g/mol. The first-order chi connectivity index (χ1) is 43.3. The Labute approximate surface area is 533 Å². The lowest BCUT2D eigenvalue weighted by molar-refractivity contribution is -0.277. The van der Waals surface area contributed by atoms with E-state index in [1.165, 1.54) is 53.2 Å². The SMILES string of the molecule is CC(=O)OCC1O[C@@H](Br)C(OC(C)=O)[C@@H](C)C1C.CCCc1cnc2c(O)cccn2c1=O.CCCc1cnc2c(O[C@@H]3OC(CO)C(O)[C@H](O)C3O)cccn2c1=O.CCCc1cnc2c(O[C@@H]3OC(COC(C)=O)C(C)[C@H](C)C3OC(C)=O)cccn2c1=O. The molecule has 0 aliphatic carbocycles. The minimum atomic E-state index is -1.55. The Bertz CT molecular complexity index is 3620. The van der Waals surface area contributed by atoms with Crippen LogP contribution in [0.15, 0.2) is 88.0 Å². The van der Waals surface area contributed by atoms with E-state index >= 15 is 0 Å². The molecule has 5 N–H and O–H groups in total. The number of alkyl halides is 1. The molecule has 9 rings (SSSR count). The molecule has 3 saturated heterocycles. The summed E-state index contributed by atoms with van der Waals surface area (Å²) in [5.41, 5.74) is 2.29. The number of esters is 4. The molecule has 0 saturated carbocycles. The van der Waals surface area contributed by atoms with Crippen LogP contribution in [0.25, 0.3) is 16.9 Å². The molecule has 6 aromatic heterocycles. The first-order valence-electron chi connectivity index (χ1n) is 30.1. The summed E-state index contributed by atoms with van der Waals surface area (Å²) in [6.45, 7) is 19.0. The number of pyridine rings is 3. The molecule has 0 spiro atoms. The maximum Gasteiger partial charge on any atom is 0.303 e. The summed E-state index contributed by atoms with van der Waals surface area (Å²) >= 11 is 3.36. The highest BCUT2D eigenvalue weighted by atomic mass is 79.9. The van der Waals surface area contributed by atoms with Crippen LogP contribution in [0.2, 0.25) is 0 Å². The fourth-order valence-corrected chi connectivity index (χ4v) is 11.2. The summed E-state index contributed by atoms with van der Waals surface area (Å²) in [4.78, 5) is 94.8. The van der Waals surface area contributed by atoms with E-state index in [9.17, 15) is 59.1 Å².